The number of carbonyl (C=O) groups excluding carboxylic acids is 1. The molecule has 1 aliphatic carbocycles. The zero-order chi connectivity index (χ0) is 14.8. The highest BCUT2D eigenvalue weighted by Crippen LogP contribution is 2.36. The van der Waals surface area contributed by atoms with Gasteiger partial charge in [-0.1, -0.05) is 12.8 Å². The van der Waals surface area contributed by atoms with Crippen LogP contribution < -0.4 is 0 Å². The maximum atomic E-state index is 12.8. The van der Waals surface area contributed by atoms with Gasteiger partial charge in [-0.05, 0) is 31.6 Å². The molecule has 2 heterocycles. The minimum absolute atomic E-state index is 0.0971. The van der Waals surface area contributed by atoms with Crippen LogP contribution in [0.1, 0.15) is 38.5 Å². The Morgan fingerprint density at radius 3 is 2.48 bits per heavy atom. The Hall–Kier alpha value is -1.30. The van der Waals surface area contributed by atoms with E-state index in [0.29, 0.717) is 25.1 Å². The molecule has 1 N–H and O–H groups in total. The van der Waals surface area contributed by atoms with E-state index in [-0.39, 0.29) is 12.6 Å². The number of amides is 2. The SMILES string of the molecule is O=C(O)C1COCCN1C(=O)N1CCCC1C1CCCC1. The fourth-order valence-electron chi connectivity index (χ4n) is 4.06. The predicted octanol–water partition coefficient (Wildman–Crippen LogP) is 1.55. The minimum atomic E-state index is -0.973. The number of nitrogens with zero attached hydrogens (tertiary/aromatic N) is 2. The predicted molar refractivity (Wildman–Crippen MR) is 76.0 cm³/mol. The van der Waals surface area contributed by atoms with Crippen LogP contribution in [0.5, 0.6) is 0 Å². The molecule has 0 aromatic carbocycles. The molecule has 118 valence electrons. The zero-order valence-electron chi connectivity index (χ0n) is 12.4. The monoisotopic (exact) mass is 296 g/mol. The second-order valence-corrected chi connectivity index (χ2v) is 6.35. The average Bonchev–Trinajstić information content (AvgIpc) is 3.16. The van der Waals surface area contributed by atoms with Crippen LogP contribution in [-0.4, -0.2) is 65.3 Å². The number of carbonyl (C=O) groups is 2. The number of ether oxygens (including phenoxy) is 1. The number of morpholine rings is 1. The first-order valence-electron chi connectivity index (χ1n) is 8.06. The highest BCUT2D eigenvalue weighted by atomic mass is 16.5. The van der Waals surface area contributed by atoms with Crippen LogP contribution in [0.15, 0.2) is 0 Å². The third kappa shape index (κ3) is 2.86. The number of rotatable bonds is 2. The first-order valence-corrected chi connectivity index (χ1v) is 8.06. The van der Waals surface area contributed by atoms with Gasteiger partial charge < -0.3 is 19.6 Å². The molecule has 3 rings (SSSR count). The molecule has 6 nitrogen and oxygen atoms in total. The summed E-state index contributed by atoms with van der Waals surface area (Å²) in [5.41, 5.74) is 0. The van der Waals surface area contributed by atoms with E-state index >= 15 is 0 Å². The first-order chi connectivity index (χ1) is 10.2. The molecule has 0 aromatic heterocycles. The number of urea groups is 1. The molecule has 21 heavy (non-hydrogen) atoms. The largest absolute Gasteiger partial charge is 0.480 e. The van der Waals surface area contributed by atoms with E-state index in [0.717, 1.165) is 19.4 Å². The number of carboxylic acids is 1. The molecule has 0 spiro atoms. The summed E-state index contributed by atoms with van der Waals surface area (Å²) in [6.45, 7) is 1.67. The molecule has 0 aromatic rings. The van der Waals surface area contributed by atoms with E-state index in [2.05, 4.69) is 0 Å². The van der Waals surface area contributed by atoms with Crippen LogP contribution in [0.4, 0.5) is 4.79 Å². The number of hydrogen-bond acceptors (Lipinski definition) is 3. The quantitative estimate of drug-likeness (QED) is 0.839. The molecule has 3 aliphatic rings. The normalized spacial score (nSPS) is 30.9. The Balaban J connectivity index is 1.71. The third-order valence-electron chi connectivity index (χ3n) is 5.15. The van der Waals surface area contributed by atoms with Gasteiger partial charge in [-0.15, -0.1) is 0 Å². The Kier molecular flexibility index (Phi) is 4.33. The van der Waals surface area contributed by atoms with E-state index in [4.69, 9.17) is 4.74 Å². The zero-order valence-corrected chi connectivity index (χ0v) is 12.4. The third-order valence-corrected chi connectivity index (χ3v) is 5.15. The van der Waals surface area contributed by atoms with Gasteiger partial charge in [0.2, 0.25) is 0 Å². The van der Waals surface area contributed by atoms with Gasteiger partial charge in [-0.2, -0.15) is 0 Å². The van der Waals surface area contributed by atoms with Crippen molar-refractivity contribution in [3.8, 4) is 0 Å². The van der Waals surface area contributed by atoms with E-state index in [1.54, 1.807) is 0 Å². The first kappa shape index (κ1) is 14.6. The molecule has 2 aliphatic heterocycles. The van der Waals surface area contributed by atoms with Crippen molar-refractivity contribution in [2.24, 2.45) is 5.92 Å². The number of hydrogen-bond donors (Lipinski definition) is 1. The van der Waals surface area contributed by atoms with Crippen molar-refractivity contribution in [1.29, 1.82) is 0 Å². The lowest BCUT2D eigenvalue weighted by Crippen LogP contribution is -2.57. The molecule has 2 saturated heterocycles. The lowest BCUT2D eigenvalue weighted by Gasteiger charge is -2.38. The lowest BCUT2D eigenvalue weighted by molar-refractivity contribution is -0.147. The molecule has 2 unspecified atom stereocenters. The highest BCUT2D eigenvalue weighted by molar-refractivity contribution is 5.83. The van der Waals surface area contributed by atoms with Crippen LogP contribution in [0.2, 0.25) is 0 Å². The smallest absolute Gasteiger partial charge is 0.328 e. The Morgan fingerprint density at radius 1 is 1.00 bits per heavy atom. The summed E-state index contributed by atoms with van der Waals surface area (Å²) in [4.78, 5) is 27.6. The second-order valence-electron chi connectivity index (χ2n) is 6.35. The van der Waals surface area contributed by atoms with Gasteiger partial charge in [-0.25, -0.2) is 9.59 Å². The molecule has 0 bridgehead atoms. The van der Waals surface area contributed by atoms with E-state index < -0.39 is 12.0 Å². The van der Waals surface area contributed by atoms with Crippen LogP contribution in [-0.2, 0) is 9.53 Å². The Labute approximate surface area is 125 Å². The van der Waals surface area contributed by atoms with Gasteiger partial charge >= 0.3 is 12.0 Å². The van der Waals surface area contributed by atoms with Crippen LogP contribution in [0.25, 0.3) is 0 Å². The Morgan fingerprint density at radius 2 is 1.76 bits per heavy atom. The summed E-state index contributed by atoms with van der Waals surface area (Å²) >= 11 is 0. The highest BCUT2D eigenvalue weighted by Gasteiger charge is 2.41. The summed E-state index contributed by atoms with van der Waals surface area (Å²) < 4.78 is 5.22. The number of likely N-dealkylation sites (tertiary alicyclic amines) is 1. The van der Waals surface area contributed by atoms with Gasteiger partial charge in [0.15, 0.2) is 6.04 Å². The molecular weight excluding hydrogens is 272 g/mol. The molecule has 0 radical (unpaired) electrons. The summed E-state index contributed by atoms with van der Waals surface area (Å²) in [7, 11) is 0. The van der Waals surface area contributed by atoms with E-state index in [1.165, 1.54) is 30.6 Å². The fourth-order valence-corrected chi connectivity index (χ4v) is 4.06. The van der Waals surface area contributed by atoms with E-state index in [1.807, 2.05) is 4.90 Å². The fraction of sp³-hybridized carbons (Fsp3) is 0.867. The lowest BCUT2D eigenvalue weighted by atomic mass is 9.96. The van der Waals surface area contributed by atoms with Gasteiger partial charge in [-0.3, -0.25) is 0 Å². The topological polar surface area (TPSA) is 70.1 Å². The number of carboxylic acid groups (broad SMARTS) is 1. The van der Waals surface area contributed by atoms with Crippen LogP contribution in [0.3, 0.4) is 0 Å². The van der Waals surface area contributed by atoms with Crippen molar-refractivity contribution < 1.29 is 19.4 Å². The summed E-state index contributed by atoms with van der Waals surface area (Å²) in [5.74, 6) is -0.361. The maximum Gasteiger partial charge on any atom is 0.328 e. The van der Waals surface area contributed by atoms with Crippen molar-refractivity contribution >= 4 is 12.0 Å². The molecular formula is C15H24N2O4. The summed E-state index contributed by atoms with van der Waals surface area (Å²) in [6.07, 6.45) is 7.05. The van der Waals surface area contributed by atoms with Crippen molar-refractivity contribution in [2.45, 2.75) is 50.6 Å². The average molecular weight is 296 g/mol. The minimum Gasteiger partial charge on any atom is -0.480 e. The number of aliphatic carboxylic acids is 1. The van der Waals surface area contributed by atoms with Crippen molar-refractivity contribution in [3.63, 3.8) is 0 Å². The van der Waals surface area contributed by atoms with Crippen molar-refractivity contribution in [2.75, 3.05) is 26.3 Å². The van der Waals surface area contributed by atoms with Gasteiger partial charge in [0.1, 0.15) is 0 Å². The standard InChI is InChI=1S/C15H24N2O4/c18-14(19)13-10-21-9-8-17(13)15(20)16-7-3-6-12(16)11-4-1-2-5-11/h11-13H,1-10H2,(H,18,19). The van der Waals surface area contributed by atoms with Crippen molar-refractivity contribution in [1.82, 2.24) is 9.80 Å². The Bertz CT molecular complexity index is 408. The van der Waals surface area contributed by atoms with Gasteiger partial charge in [0.25, 0.3) is 0 Å². The van der Waals surface area contributed by atoms with Crippen molar-refractivity contribution in [3.05, 3.63) is 0 Å². The summed E-state index contributed by atoms with van der Waals surface area (Å²) in [5, 5.41) is 9.29. The molecule has 6 heteroatoms. The van der Waals surface area contributed by atoms with Gasteiger partial charge in [0.05, 0.1) is 13.2 Å². The molecule has 2 amide bonds. The molecule has 2 atom stereocenters. The van der Waals surface area contributed by atoms with Gasteiger partial charge in [0, 0.05) is 19.1 Å². The summed E-state index contributed by atoms with van der Waals surface area (Å²) in [6, 6.07) is -0.617. The molecule has 3 fully saturated rings. The second kappa shape index (κ2) is 6.22. The van der Waals surface area contributed by atoms with Crippen LogP contribution in [0, 0.1) is 5.92 Å². The molecule has 1 saturated carbocycles. The maximum absolute atomic E-state index is 12.8. The van der Waals surface area contributed by atoms with Crippen LogP contribution >= 0.6 is 0 Å². The van der Waals surface area contributed by atoms with E-state index in [9.17, 15) is 14.7 Å².